The Bertz CT molecular complexity index is 161. The molecule has 0 N–H and O–H groups in total. The molecule has 2 heteroatoms. The minimum absolute atomic E-state index is 0. The van der Waals surface area contributed by atoms with Crippen LogP contribution in [0.2, 0.25) is 0 Å². The molecule has 0 fully saturated rings. The van der Waals surface area contributed by atoms with Crippen LogP contribution in [0.5, 0.6) is 0 Å². The summed E-state index contributed by atoms with van der Waals surface area (Å²) >= 11 is 0. The lowest BCUT2D eigenvalue weighted by Gasteiger charge is -1.89. The van der Waals surface area contributed by atoms with E-state index in [4.69, 9.17) is 0 Å². The van der Waals surface area contributed by atoms with E-state index in [1.165, 1.54) is 5.69 Å². The summed E-state index contributed by atoms with van der Waals surface area (Å²) in [7, 11) is 0. The van der Waals surface area contributed by atoms with E-state index in [-0.39, 0.29) is 14.9 Å². The van der Waals surface area contributed by atoms with Gasteiger partial charge in [-0.05, 0) is 13.3 Å². The Labute approximate surface area is 70.3 Å². The van der Waals surface area contributed by atoms with Crippen LogP contribution in [0.1, 0.15) is 34.4 Å². The van der Waals surface area contributed by atoms with E-state index in [9.17, 15) is 0 Å². The summed E-state index contributed by atoms with van der Waals surface area (Å²) in [5.41, 5.74) is 1.18. The Balaban J connectivity index is 0. The van der Waals surface area contributed by atoms with Crippen molar-refractivity contribution in [2.75, 3.05) is 0 Å². The Morgan fingerprint density at radius 3 is 2.27 bits per heavy atom. The quantitative estimate of drug-likeness (QED) is 0.643. The highest BCUT2D eigenvalue weighted by Gasteiger charge is 1.90. The number of rotatable bonds is 2. The summed E-state index contributed by atoms with van der Waals surface area (Å²) in [4.78, 5) is 4.17. The van der Waals surface area contributed by atoms with E-state index in [1.807, 2.05) is 6.33 Å². The Morgan fingerprint density at radius 1 is 1.36 bits per heavy atom. The summed E-state index contributed by atoms with van der Waals surface area (Å²) in [6.45, 7) is 5.25. The Hall–Kier alpha value is -0.790. The third kappa shape index (κ3) is 3.21. The van der Waals surface area contributed by atoms with Gasteiger partial charge in [-0.25, -0.2) is 4.98 Å². The van der Waals surface area contributed by atoms with Crippen LogP contribution in [-0.2, 0) is 13.0 Å². The number of nitrogens with zero attached hydrogens (tertiary/aromatic N) is 2. The van der Waals surface area contributed by atoms with Crippen molar-refractivity contribution >= 4 is 0 Å². The van der Waals surface area contributed by atoms with Crippen LogP contribution in [0.4, 0.5) is 0 Å². The average molecular weight is 156 g/mol. The third-order valence-electron chi connectivity index (χ3n) is 1.41. The van der Waals surface area contributed by atoms with E-state index >= 15 is 0 Å². The molecule has 0 saturated heterocycles. The van der Waals surface area contributed by atoms with E-state index in [0.717, 1.165) is 13.0 Å². The minimum Gasteiger partial charge on any atom is -0.337 e. The number of aromatic nitrogens is 2. The summed E-state index contributed by atoms with van der Waals surface area (Å²) in [5, 5.41) is 0. The first kappa shape index (κ1) is 12.8. The van der Waals surface area contributed by atoms with Crippen LogP contribution in [-0.4, -0.2) is 9.55 Å². The molecule has 0 aliphatic heterocycles. The fraction of sp³-hybridized carbons (Fsp3) is 0.667. The van der Waals surface area contributed by atoms with Crippen molar-refractivity contribution in [3.63, 3.8) is 0 Å². The van der Waals surface area contributed by atoms with Crippen LogP contribution in [0.25, 0.3) is 0 Å². The molecule has 2 nitrogen and oxygen atoms in total. The number of aryl methyl sites for hydroxylation is 2. The van der Waals surface area contributed by atoms with Gasteiger partial charge in [0.05, 0.1) is 12.0 Å². The molecule has 0 bridgehead atoms. The molecule has 0 aliphatic carbocycles. The molecule has 0 radical (unpaired) electrons. The molecule has 66 valence electrons. The molecule has 1 rings (SSSR count). The van der Waals surface area contributed by atoms with Crippen molar-refractivity contribution in [2.45, 2.75) is 41.7 Å². The number of hydrogen-bond donors (Lipinski definition) is 0. The van der Waals surface area contributed by atoms with Crippen LogP contribution in [0.15, 0.2) is 12.5 Å². The Kier molecular flexibility index (Phi) is 6.96. The first-order valence-corrected chi connectivity index (χ1v) is 3.37. The summed E-state index contributed by atoms with van der Waals surface area (Å²) in [6, 6.07) is 0. The molecular formula is C9H20N2. The highest BCUT2D eigenvalue weighted by atomic mass is 15.0. The fourth-order valence-corrected chi connectivity index (χ4v) is 0.762. The summed E-state index contributed by atoms with van der Waals surface area (Å²) in [5.74, 6) is 0. The van der Waals surface area contributed by atoms with E-state index in [0.29, 0.717) is 0 Å². The summed E-state index contributed by atoms with van der Waals surface area (Å²) in [6.07, 6.45) is 4.99. The third-order valence-corrected chi connectivity index (χ3v) is 1.41. The van der Waals surface area contributed by atoms with Crippen molar-refractivity contribution in [2.24, 2.45) is 0 Å². The predicted octanol–water partition coefficient (Wildman–Crippen LogP) is 2.74. The second-order valence-corrected chi connectivity index (χ2v) is 2.05. The molecule has 1 heterocycles. The molecule has 0 amide bonds. The van der Waals surface area contributed by atoms with Gasteiger partial charge in [0.15, 0.2) is 0 Å². The van der Waals surface area contributed by atoms with Crippen LogP contribution >= 0.6 is 0 Å². The zero-order chi connectivity index (χ0) is 6.69. The molecule has 0 spiro atoms. The molecule has 0 unspecified atom stereocenters. The zero-order valence-corrected chi connectivity index (χ0v) is 5.96. The maximum atomic E-state index is 4.17. The molecule has 0 aromatic carbocycles. The topological polar surface area (TPSA) is 17.8 Å². The summed E-state index contributed by atoms with van der Waals surface area (Å²) < 4.78 is 2.08. The first-order chi connectivity index (χ1) is 4.36. The molecule has 1 aromatic heterocycles. The molecule has 1 aromatic rings. The van der Waals surface area contributed by atoms with Gasteiger partial charge in [0.1, 0.15) is 0 Å². The predicted molar refractivity (Wildman–Crippen MR) is 50.7 cm³/mol. The molecule has 0 atom stereocenters. The number of hydrogen-bond acceptors (Lipinski definition) is 1. The van der Waals surface area contributed by atoms with Crippen LogP contribution in [0, 0.1) is 0 Å². The van der Waals surface area contributed by atoms with Gasteiger partial charge in [0.2, 0.25) is 0 Å². The second kappa shape index (κ2) is 5.96. The van der Waals surface area contributed by atoms with Crippen molar-refractivity contribution in [3.8, 4) is 0 Å². The lowest BCUT2D eigenvalue weighted by molar-refractivity contribution is 0.760. The van der Waals surface area contributed by atoms with Gasteiger partial charge in [-0.15, -0.1) is 0 Å². The molecule has 11 heavy (non-hydrogen) atoms. The maximum Gasteiger partial charge on any atom is 0.0949 e. The molecule has 0 saturated carbocycles. The maximum absolute atomic E-state index is 4.17. The van der Waals surface area contributed by atoms with Crippen LogP contribution in [0.3, 0.4) is 0 Å². The smallest absolute Gasteiger partial charge is 0.0949 e. The standard InChI is InChI=1S/C7H12N2.2CH4/c1-3-7-5-9(4-2)6-8-7;;/h5-6H,3-4H2,1-2H3;2*1H4. The number of imidazole rings is 1. The Morgan fingerprint density at radius 2 is 2.00 bits per heavy atom. The highest BCUT2D eigenvalue weighted by Crippen LogP contribution is 1.95. The van der Waals surface area contributed by atoms with Gasteiger partial charge in [0, 0.05) is 12.7 Å². The van der Waals surface area contributed by atoms with Crippen molar-refractivity contribution in [1.29, 1.82) is 0 Å². The highest BCUT2D eigenvalue weighted by molar-refractivity contribution is 4.95. The minimum atomic E-state index is 0. The van der Waals surface area contributed by atoms with Gasteiger partial charge >= 0.3 is 0 Å². The van der Waals surface area contributed by atoms with Crippen molar-refractivity contribution in [1.82, 2.24) is 9.55 Å². The second-order valence-electron chi connectivity index (χ2n) is 2.05. The van der Waals surface area contributed by atoms with Crippen molar-refractivity contribution < 1.29 is 0 Å². The normalized spacial score (nSPS) is 8.18. The molecule has 0 aliphatic rings. The molecular weight excluding hydrogens is 136 g/mol. The fourth-order valence-electron chi connectivity index (χ4n) is 0.762. The zero-order valence-electron chi connectivity index (χ0n) is 5.96. The SMILES string of the molecule is C.C.CCc1cn(CC)cn1. The van der Waals surface area contributed by atoms with Gasteiger partial charge in [-0.3, -0.25) is 0 Å². The van der Waals surface area contributed by atoms with E-state index < -0.39 is 0 Å². The van der Waals surface area contributed by atoms with Gasteiger partial charge < -0.3 is 4.57 Å². The van der Waals surface area contributed by atoms with Gasteiger partial charge in [-0.1, -0.05) is 21.8 Å². The monoisotopic (exact) mass is 156 g/mol. The van der Waals surface area contributed by atoms with E-state index in [2.05, 4.69) is 29.6 Å². The first-order valence-electron chi connectivity index (χ1n) is 3.37. The van der Waals surface area contributed by atoms with Gasteiger partial charge in [0.25, 0.3) is 0 Å². The van der Waals surface area contributed by atoms with Crippen LogP contribution < -0.4 is 0 Å². The largest absolute Gasteiger partial charge is 0.337 e. The van der Waals surface area contributed by atoms with E-state index in [1.54, 1.807) is 0 Å². The lowest BCUT2D eigenvalue weighted by atomic mass is 10.4. The van der Waals surface area contributed by atoms with Crippen molar-refractivity contribution in [3.05, 3.63) is 18.2 Å². The lowest BCUT2D eigenvalue weighted by Crippen LogP contribution is -1.86. The average Bonchev–Trinajstić information content (AvgIpc) is 2.34. The van der Waals surface area contributed by atoms with Gasteiger partial charge in [-0.2, -0.15) is 0 Å².